The SMILES string of the molecule is CCCCCCCCC(C1CCCC(C)C1C)C(OC)(OC)OC. The summed E-state index contributed by atoms with van der Waals surface area (Å²) in [7, 11) is 5.16. The van der Waals surface area contributed by atoms with E-state index >= 15 is 0 Å². The summed E-state index contributed by atoms with van der Waals surface area (Å²) in [6, 6.07) is 0. The molecule has 1 rings (SSSR count). The number of ether oxygens (including phenoxy) is 3. The van der Waals surface area contributed by atoms with E-state index < -0.39 is 5.97 Å². The highest BCUT2D eigenvalue weighted by atomic mass is 16.9. The van der Waals surface area contributed by atoms with Crippen molar-refractivity contribution in [1.29, 1.82) is 0 Å². The van der Waals surface area contributed by atoms with E-state index in [1.54, 1.807) is 21.3 Å². The maximum Gasteiger partial charge on any atom is 0.285 e. The summed E-state index contributed by atoms with van der Waals surface area (Å²) < 4.78 is 17.4. The molecule has 0 radical (unpaired) electrons. The van der Waals surface area contributed by atoms with Gasteiger partial charge in [-0.15, -0.1) is 0 Å². The van der Waals surface area contributed by atoms with E-state index in [0.29, 0.717) is 17.8 Å². The Morgan fingerprint density at radius 2 is 1.46 bits per heavy atom. The van der Waals surface area contributed by atoms with Gasteiger partial charge in [0, 0.05) is 27.2 Å². The number of rotatable bonds is 12. The first-order valence-electron chi connectivity index (χ1n) is 10.2. The zero-order valence-corrected chi connectivity index (χ0v) is 17.1. The third-order valence-corrected chi connectivity index (χ3v) is 6.46. The Morgan fingerprint density at radius 1 is 0.875 bits per heavy atom. The van der Waals surface area contributed by atoms with Crippen LogP contribution in [0.25, 0.3) is 0 Å². The largest absolute Gasteiger partial charge is 0.331 e. The molecule has 0 bridgehead atoms. The molecule has 1 saturated carbocycles. The average Bonchev–Trinajstić information content (AvgIpc) is 2.60. The molecule has 0 spiro atoms. The van der Waals surface area contributed by atoms with Crippen LogP contribution in [0.4, 0.5) is 0 Å². The molecule has 24 heavy (non-hydrogen) atoms. The van der Waals surface area contributed by atoms with E-state index in [1.165, 1.54) is 57.8 Å². The maximum absolute atomic E-state index is 5.79. The lowest BCUT2D eigenvalue weighted by Crippen LogP contribution is -2.49. The van der Waals surface area contributed by atoms with Crippen molar-refractivity contribution in [2.75, 3.05) is 21.3 Å². The molecule has 4 unspecified atom stereocenters. The second-order valence-corrected chi connectivity index (χ2v) is 7.81. The molecule has 4 atom stereocenters. The summed E-state index contributed by atoms with van der Waals surface area (Å²) in [4.78, 5) is 0. The van der Waals surface area contributed by atoms with E-state index in [2.05, 4.69) is 20.8 Å². The molecule has 0 heterocycles. The molecule has 0 saturated heterocycles. The molecule has 0 aromatic carbocycles. The summed E-state index contributed by atoms with van der Waals surface area (Å²) in [5, 5.41) is 0. The molecule has 3 nitrogen and oxygen atoms in total. The zero-order chi connectivity index (χ0) is 18.0. The van der Waals surface area contributed by atoms with Crippen LogP contribution in [-0.2, 0) is 14.2 Å². The molecule has 3 heteroatoms. The van der Waals surface area contributed by atoms with E-state index in [1.807, 2.05) is 0 Å². The van der Waals surface area contributed by atoms with Gasteiger partial charge in [0.1, 0.15) is 0 Å². The van der Waals surface area contributed by atoms with Crippen LogP contribution in [0.5, 0.6) is 0 Å². The standard InChI is InChI=1S/C21H42O3/c1-7-8-9-10-11-12-16-20(21(22-4,23-5)24-6)19-15-13-14-17(2)18(19)3/h17-20H,7-16H2,1-6H3. The van der Waals surface area contributed by atoms with Crippen LogP contribution >= 0.6 is 0 Å². The molecule has 0 aromatic heterocycles. The van der Waals surface area contributed by atoms with Crippen molar-refractivity contribution in [3.8, 4) is 0 Å². The van der Waals surface area contributed by atoms with Crippen LogP contribution in [0.3, 0.4) is 0 Å². The third kappa shape index (κ3) is 5.71. The van der Waals surface area contributed by atoms with Crippen molar-refractivity contribution in [3.05, 3.63) is 0 Å². The minimum Gasteiger partial charge on any atom is -0.331 e. The van der Waals surface area contributed by atoms with Gasteiger partial charge in [0.2, 0.25) is 0 Å². The average molecular weight is 343 g/mol. The Hall–Kier alpha value is -0.120. The van der Waals surface area contributed by atoms with Gasteiger partial charge in [-0.1, -0.05) is 72.1 Å². The van der Waals surface area contributed by atoms with Crippen LogP contribution in [0.2, 0.25) is 0 Å². The van der Waals surface area contributed by atoms with Gasteiger partial charge < -0.3 is 14.2 Å². The van der Waals surface area contributed by atoms with Crippen molar-refractivity contribution in [3.63, 3.8) is 0 Å². The van der Waals surface area contributed by atoms with Gasteiger partial charge in [0.15, 0.2) is 0 Å². The molecule has 0 amide bonds. The first-order chi connectivity index (χ1) is 11.6. The molecule has 1 aliphatic rings. The topological polar surface area (TPSA) is 27.7 Å². The molecular weight excluding hydrogens is 300 g/mol. The summed E-state index contributed by atoms with van der Waals surface area (Å²) >= 11 is 0. The van der Waals surface area contributed by atoms with Gasteiger partial charge in [-0.25, -0.2) is 0 Å². The lowest BCUT2D eigenvalue weighted by atomic mass is 9.66. The van der Waals surface area contributed by atoms with E-state index in [0.717, 1.165) is 12.3 Å². The quantitative estimate of drug-likeness (QED) is 0.321. The van der Waals surface area contributed by atoms with E-state index in [4.69, 9.17) is 14.2 Å². The van der Waals surface area contributed by atoms with Crippen molar-refractivity contribution in [1.82, 2.24) is 0 Å². The monoisotopic (exact) mass is 342 g/mol. The van der Waals surface area contributed by atoms with Crippen LogP contribution < -0.4 is 0 Å². The fourth-order valence-corrected chi connectivity index (χ4v) is 4.69. The highest BCUT2D eigenvalue weighted by molar-refractivity contribution is 4.86. The molecular formula is C21H42O3. The maximum atomic E-state index is 5.79. The summed E-state index contributed by atoms with van der Waals surface area (Å²) in [5.41, 5.74) is 0. The van der Waals surface area contributed by atoms with Gasteiger partial charge in [-0.05, 0) is 30.6 Å². The van der Waals surface area contributed by atoms with E-state index in [-0.39, 0.29) is 0 Å². The van der Waals surface area contributed by atoms with Gasteiger partial charge in [0.05, 0.1) is 0 Å². The van der Waals surface area contributed by atoms with Crippen molar-refractivity contribution in [2.24, 2.45) is 23.7 Å². The lowest BCUT2D eigenvalue weighted by molar-refractivity contribution is -0.389. The second kappa shape index (κ2) is 11.5. The molecule has 1 fully saturated rings. The Kier molecular flexibility index (Phi) is 10.5. The molecule has 0 N–H and O–H groups in total. The first-order valence-corrected chi connectivity index (χ1v) is 10.2. The van der Waals surface area contributed by atoms with Crippen LogP contribution in [0, 0.1) is 23.7 Å². The zero-order valence-electron chi connectivity index (χ0n) is 17.1. The first kappa shape index (κ1) is 21.9. The van der Waals surface area contributed by atoms with Gasteiger partial charge in [0.25, 0.3) is 5.97 Å². The van der Waals surface area contributed by atoms with E-state index in [9.17, 15) is 0 Å². The molecule has 144 valence electrons. The van der Waals surface area contributed by atoms with Crippen molar-refractivity contribution >= 4 is 0 Å². The molecule has 0 aromatic rings. The number of hydrogen-bond donors (Lipinski definition) is 0. The Morgan fingerprint density at radius 3 is 2.04 bits per heavy atom. The summed E-state index contributed by atoms with van der Waals surface area (Å²) in [5.74, 6) is 1.51. The molecule has 1 aliphatic carbocycles. The smallest absolute Gasteiger partial charge is 0.285 e. The van der Waals surface area contributed by atoms with Crippen molar-refractivity contribution in [2.45, 2.75) is 91.0 Å². The highest BCUT2D eigenvalue weighted by Crippen LogP contribution is 2.45. The fraction of sp³-hybridized carbons (Fsp3) is 1.00. The van der Waals surface area contributed by atoms with Crippen LogP contribution in [0.15, 0.2) is 0 Å². The number of unbranched alkanes of at least 4 members (excludes halogenated alkanes) is 5. The number of methoxy groups -OCH3 is 3. The highest BCUT2D eigenvalue weighted by Gasteiger charge is 2.47. The normalized spacial score (nSPS) is 26.5. The Bertz CT molecular complexity index is 306. The minimum absolute atomic E-state index is 0.307. The number of hydrogen-bond acceptors (Lipinski definition) is 3. The summed E-state index contributed by atoms with van der Waals surface area (Å²) in [6.45, 7) is 7.08. The fourth-order valence-electron chi connectivity index (χ4n) is 4.69. The minimum atomic E-state index is -0.889. The predicted octanol–water partition coefficient (Wildman–Crippen LogP) is 6.02. The molecule has 0 aliphatic heterocycles. The van der Waals surface area contributed by atoms with Crippen LogP contribution in [0.1, 0.15) is 85.0 Å². The van der Waals surface area contributed by atoms with Gasteiger partial charge >= 0.3 is 0 Å². The predicted molar refractivity (Wildman–Crippen MR) is 101 cm³/mol. The Labute approximate surface area is 150 Å². The Balaban J connectivity index is 2.75. The van der Waals surface area contributed by atoms with Crippen molar-refractivity contribution < 1.29 is 14.2 Å². The van der Waals surface area contributed by atoms with Gasteiger partial charge in [-0.3, -0.25) is 0 Å². The van der Waals surface area contributed by atoms with Gasteiger partial charge in [-0.2, -0.15) is 0 Å². The second-order valence-electron chi connectivity index (χ2n) is 7.81. The van der Waals surface area contributed by atoms with Crippen LogP contribution in [-0.4, -0.2) is 27.3 Å². The third-order valence-electron chi connectivity index (χ3n) is 6.46. The lowest BCUT2D eigenvalue weighted by Gasteiger charge is -2.46. The summed E-state index contributed by atoms with van der Waals surface area (Å²) in [6.07, 6.45) is 13.0.